The Hall–Kier alpha value is -1.14. The van der Waals surface area contributed by atoms with Crippen LogP contribution >= 0.6 is 15.9 Å². The molecule has 0 aliphatic rings. The lowest BCUT2D eigenvalue weighted by Gasteiger charge is -2.12. The van der Waals surface area contributed by atoms with Gasteiger partial charge >= 0.3 is 0 Å². The molecule has 18 heavy (non-hydrogen) atoms. The van der Waals surface area contributed by atoms with E-state index in [2.05, 4.69) is 21.2 Å². The molecule has 0 saturated carbocycles. The fourth-order valence-corrected chi connectivity index (χ4v) is 1.85. The number of methoxy groups -OCH3 is 2. The topological polar surface area (TPSA) is 47.6 Å². The third-order valence-corrected chi connectivity index (χ3v) is 2.84. The predicted octanol–water partition coefficient (Wildman–Crippen LogP) is 1.97. The highest BCUT2D eigenvalue weighted by molar-refractivity contribution is 9.09. The van der Waals surface area contributed by atoms with Crippen molar-refractivity contribution in [3.63, 3.8) is 0 Å². The zero-order valence-electron chi connectivity index (χ0n) is 10.2. The number of alkyl halides is 1. The molecule has 0 saturated heterocycles. The van der Waals surface area contributed by atoms with Crippen molar-refractivity contribution in [2.75, 3.05) is 27.4 Å². The molecule has 0 fully saturated rings. The molecule has 0 spiro atoms. The van der Waals surface area contributed by atoms with E-state index in [4.69, 9.17) is 9.47 Å². The molecule has 0 aliphatic heterocycles. The van der Waals surface area contributed by atoms with E-state index in [1.54, 1.807) is 13.2 Å². The molecule has 0 aromatic heterocycles. The number of hydrogen-bond acceptors (Lipinski definition) is 3. The molecule has 0 aliphatic carbocycles. The molecule has 6 heteroatoms. The Bertz CT molecular complexity index is 414. The van der Waals surface area contributed by atoms with Crippen molar-refractivity contribution in [1.29, 1.82) is 0 Å². The van der Waals surface area contributed by atoms with E-state index >= 15 is 0 Å². The van der Waals surface area contributed by atoms with Gasteiger partial charge in [0.05, 0.1) is 18.5 Å². The van der Waals surface area contributed by atoms with Crippen molar-refractivity contribution in [2.45, 2.75) is 4.83 Å². The van der Waals surface area contributed by atoms with Crippen LogP contribution in [0.5, 0.6) is 5.75 Å². The van der Waals surface area contributed by atoms with Gasteiger partial charge in [0.15, 0.2) is 0 Å². The van der Waals surface area contributed by atoms with Crippen LogP contribution in [0.1, 0.15) is 10.4 Å². The van der Waals surface area contributed by atoms with Crippen LogP contribution < -0.4 is 10.1 Å². The normalized spacial score (nSPS) is 12.0. The molecular formula is C12H15BrFNO3. The summed E-state index contributed by atoms with van der Waals surface area (Å²) in [5.74, 6) is -0.902. The number of nitrogens with one attached hydrogen (secondary N) is 1. The molecular weight excluding hydrogens is 305 g/mol. The van der Waals surface area contributed by atoms with Gasteiger partial charge in [-0.15, -0.1) is 0 Å². The van der Waals surface area contributed by atoms with Gasteiger partial charge < -0.3 is 14.8 Å². The number of hydrogen-bond donors (Lipinski definition) is 1. The zero-order chi connectivity index (χ0) is 13.5. The van der Waals surface area contributed by atoms with Gasteiger partial charge in [0.1, 0.15) is 17.1 Å². The van der Waals surface area contributed by atoms with E-state index in [1.165, 1.54) is 19.2 Å². The van der Waals surface area contributed by atoms with Crippen LogP contribution in [0, 0.1) is 5.82 Å². The van der Waals surface area contributed by atoms with Crippen molar-refractivity contribution in [1.82, 2.24) is 5.32 Å². The number of amides is 1. The summed E-state index contributed by atoms with van der Waals surface area (Å²) in [6, 6.07) is 4.25. The summed E-state index contributed by atoms with van der Waals surface area (Å²) in [7, 11) is 2.96. The summed E-state index contributed by atoms with van der Waals surface area (Å²) in [6.45, 7) is 0.791. The highest BCUT2D eigenvalue weighted by Gasteiger charge is 2.17. The number of ether oxygens (including phenoxy) is 2. The summed E-state index contributed by atoms with van der Waals surface area (Å²) < 4.78 is 23.5. The lowest BCUT2D eigenvalue weighted by Crippen LogP contribution is -2.32. The standard InChI is InChI=1S/C12H15BrFNO3/c1-17-7-8(13)6-15-12(16)11-9(14)4-3-5-10(11)18-2/h3-5,8H,6-7H2,1-2H3,(H,15,16). The van der Waals surface area contributed by atoms with Crippen LogP contribution in [0.15, 0.2) is 18.2 Å². The first kappa shape index (κ1) is 14.9. The Morgan fingerprint density at radius 1 is 1.50 bits per heavy atom. The molecule has 0 bridgehead atoms. The van der Waals surface area contributed by atoms with Crippen molar-refractivity contribution < 1.29 is 18.7 Å². The summed E-state index contributed by atoms with van der Waals surface area (Å²) in [4.78, 5) is 11.8. The molecule has 1 aromatic rings. The van der Waals surface area contributed by atoms with Gasteiger partial charge in [0, 0.05) is 13.7 Å². The fraction of sp³-hybridized carbons (Fsp3) is 0.417. The maximum atomic E-state index is 13.6. The third-order valence-electron chi connectivity index (χ3n) is 2.25. The minimum atomic E-state index is -0.607. The molecule has 0 radical (unpaired) electrons. The Morgan fingerprint density at radius 3 is 2.83 bits per heavy atom. The molecule has 100 valence electrons. The van der Waals surface area contributed by atoms with Gasteiger partial charge in [-0.25, -0.2) is 4.39 Å². The van der Waals surface area contributed by atoms with Crippen molar-refractivity contribution in [2.24, 2.45) is 0 Å². The first-order valence-electron chi connectivity index (χ1n) is 5.33. The zero-order valence-corrected chi connectivity index (χ0v) is 11.8. The third kappa shape index (κ3) is 3.96. The van der Waals surface area contributed by atoms with Crippen LogP contribution in [-0.4, -0.2) is 38.1 Å². The second kappa shape index (κ2) is 7.33. The SMILES string of the molecule is COCC(Br)CNC(=O)c1c(F)cccc1OC. The Balaban J connectivity index is 2.72. The minimum absolute atomic E-state index is 0.0239. The van der Waals surface area contributed by atoms with Gasteiger partial charge in [-0.05, 0) is 12.1 Å². The molecule has 0 heterocycles. The van der Waals surface area contributed by atoms with Crippen LogP contribution in [0.25, 0.3) is 0 Å². The second-order valence-corrected chi connectivity index (χ2v) is 4.87. The van der Waals surface area contributed by atoms with E-state index in [1.807, 2.05) is 0 Å². The first-order chi connectivity index (χ1) is 8.60. The highest BCUT2D eigenvalue weighted by Crippen LogP contribution is 2.20. The van der Waals surface area contributed by atoms with E-state index in [0.29, 0.717) is 13.2 Å². The van der Waals surface area contributed by atoms with Crippen LogP contribution in [0.3, 0.4) is 0 Å². The van der Waals surface area contributed by atoms with E-state index < -0.39 is 11.7 Å². The lowest BCUT2D eigenvalue weighted by atomic mass is 10.1. The van der Waals surface area contributed by atoms with Crippen molar-refractivity contribution in [3.05, 3.63) is 29.6 Å². The monoisotopic (exact) mass is 319 g/mol. The number of benzene rings is 1. The lowest BCUT2D eigenvalue weighted by molar-refractivity contribution is 0.0943. The summed E-state index contributed by atoms with van der Waals surface area (Å²) >= 11 is 3.33. The number of rotatable bonds is 6. The largest absolute Gasteiger partial charge is 0.496 e. The number of halogens is 2. The molecule has 1 aromatic carbocycles. The first-order valence-corrected chi connectivity index (χ1v) is 6.25. The maximum absolute atomic E-state index is 13.6. The Morgan fingerprint density at radius 2 is 2.22 bits per heavy atom. The second-order valence-electron chi connectivity index (χ2n) is 3.58. The molecule has 4 nitrogen and oxygen atoms in total. The van der Waals surface area contributed by atoms with Gasteiger partial charge in [-0.2, -0.15) is 0 Å². The van der Waals surface area contributed by atoms with Crippen LogP contribution in [0.2, 0.25) is 0 Å². The summed E-state index contributed by atoms with van der Waals surface area (Å²) in [5, 5.41) is 2.61. The summed E-state index contributed by atoms with van der Waals surface area (Å²) in [6.07, 6.45) is 0. The molecule has 1 N–H and O–H groups in total. The van der Waals surface area contributed by atoms with Gasteiger partial charge in [-0.3, -0.25) is 4.79 Å². The van der Waals surface area contributed by atoms with Crippen LogP contribution in [0.4, 0.5) is 4.39 Å². The van der Waals surface area contributed by atoms with Crippen molar-refractivity contribution >= 4 is 21.8 Å². The molecule has 1 unspecified atom stereocenters. The molecule has 1 rings (SSSR count). The average molecular weight is 320 g/mol. The molecule has 1 atom stereocenters. The van der Waals surface area contributed by atoms with Gasteiger partial charge in [0.25, 0.3) is 5.91 Å². The quantitative estimate of drug-likeness (QED) is 0.816. The summed E-state index contributed by atoms with van der Waals surface area (Å²) in [5.41, 5.74) is -0.0860. The van der Waals surface area contributed by atoms with E-state index in [9.17, 15) is 9.18 Å². The minimum Gasteiger partial charge on any atom is -0.496 e. The predicted molar refractivity (Wildman–Crippen MR) is 69.9 cm³/mol. The van der Waals surface area contributed by atoms with E-state index in [0.717, 1.165) is 0 Å². The Labute approximate surface area is 114 Å². The highest BCUT2D eigenvalue weighted by atomic mass is 79.9. The van der Waals surface area contributed by atoms with Gasteiger partial charge in [-0.1, -0.05) is 22.0 Å². The number of carbonyl (C=O) groups is 1. The van der Waals surface area contributed by atoms with Crippen LogP contribution in [-0.2, 0) is 4.74 Å². The maximum Gasteiger partial charge on any atom is 0.258 e. The average Bonchev–Trinajstić information content (AvgIpc) is 2.36. The smallest absolute Gasteiger partial charge is 0.258 e. The van der Waals surface area contributed by atoms with Gasteiger partial charge in [0.2, 0.25) is 0 Å². The van der Waals surface area contributed by atoms with E-state index in [-0.39, 0.29) is 16.1 Å². The van der Waals surface area contributed by atoms with Crippen molar-refractivity contribution in [3.8, 4) is 5.75 Å². The number of carbonyl (C=O) groups excluding carboxylic acids is 1. The fourth-order valence-electron chi connectivity index (χ4n) is 1.43. The molecule has 1 amide bonds. The Kier molecular flexibility index (Phi) is 6.07.